The molecule has 0 saturated carbocycles. The number of hydrogen-bond donors (Lipinski definition) is 1. The maximum absolute atomic E-state index is 8.72. The minimum atomic E-state index is 0. The number of rotatable bonds is 3. The number of aryl methyl sites for hydroxylation is 1. The smallest absolute Gasteiger partial charge is 0.103 e. The summed E-state index contributed by atoms with van der Waals surface area (Å²) in [6.07, 6.45) is 0.759. The van der Waals surface area contributed by atoms with E-state index >= 15 is 0 Å². The summed E-state index contributed by atoms with van der Waals surface area (Å²) in [5.74, 6) is 1.29. The van der Waals surface area contributed by atoms with E-state index in [4.69, 9.17) is 16.9 Å². The zero-order valence-electron chi connectivity index (χ0n) is 9.90. The van der Waals surface area contributed by atoms with Crippen LogP contribution in [-0.2, 0) is 12.3 Å². The standard InChI is InChI=1S/C13H12ClN3.ClH/c1-9-16-12(13(7-14)17-9)6-10-2-4-11(8-15)5-3-10;/h2-5H,6-7H2,1H3,(H,16,17);1H. The van der Waals surface area contributed by atoms with Gasteiger partial charge >= 0.3 is 0 Å². The monoisotopic (exact) mass is 281 g/mol. The van der Waals surface area contributed by atoms with Gasteiger partial charge in [-0.2, -0.15) is 5.26 Å². The minimum Gasteiger partial charge on any atom is -0.346 e. The average molecular weight is 282 g/mol. The van der Waals surface area contributed by atoms with Gasteiger partial charge in [-0.05, 0) is 24.6 Å². The average Bonchev–Trinajstić information content (AvgIpc) is 2.70. The lowest BCUT2D eigenvalue weighted by molar-refractivity contribution is 1.06. The van der Waals surface area contributed by atoms with Gasteiger partial charge in [0.1, 0.15) is 5.82 Å². The van der Waals surface area contributed by atoms with E-state index in [2.05, 4.69) is 16.0 Å². The van der Waals surface area contributed by atoms with Crippen molar-refractivity contribution in [1.82, 2.24) is 9.97 Å². The Kier molecular flexibility index (Phi) is 5.21. The molecule has 1 aromatic heterocycles. The van der Waals surface area contributed by atoms with Crippen molar-refractivity contribution in [2.24, 2.45) is 0 Å². The first kappa shape index (κ1) is 14.6. The Hall–Kier alpha value is -1.50. The number of nitrogens with one attached hydrogen (secondary N) is 1. The lowest BCUT2D eigenvalue weighted by Crippen LogP contribution is -1.93. The van der Waals surface area contributed by atoms with Crippen LogP contribution >= 0.6 is 24.0 Å². The highest BCUT2D eigenvalue weighted by atomic mass is 35.5. The van der Waals surface area contributed by atoms with Crippen LogP contribution in [0.5, 0.6) is 0 Å². The van der Waals surface area contributed by atoms with Crippen LogP contribution in [0.2, 0.25) is 0 Å². The molecule has 0 aliphatic rings. The first-order valence-corrected chi connectivity index (χ1v) is 5.85. The molecule has 2 rings (SSSR count). The van der Waals surface area contributed by atoms with Gasteiger partial charge in [0, 0.05) is 12.1 Å². The molecular formula is C13H13Cl2N3. The third-order valence-corrected chi connectivity index (χ3v) is 2.83. The van der Waals surface area contributed by atoms with Crippen molar-refractivity contribution in [3.63, 3.8) is 0 Å². The van der Waals surface area contributed by atoms with Crippen molar-refractivity contribution in [1.29, 1.82) is 5.26 Å². The summed E-state index contributed by atoms with van der Waals surface area (Å²) in [5, 5.41) is 8.72. The molecule has 2 aromatic rings. The van der Waals surface area contributed by atoms with Crippen LogP contribution in [0.15, 0.2) is 24.3 Å². The molecule has 1 N–H and O–H groups in total. The second-order valence-electron chi connectivity index (χ2n) is 3.87. The van der Waals surface area contributed by atoms with Gasteiger partial charge in [-0.3, -0.25) is 0 Å². The fourth-order valence-corrected chi connectivity index (χ4v) is 1.97. The maximum atomic E-state index is 8.72. The predicted octanol–water partition coefficient (Wildman–Crippen LogP) is 3.34. The quantitative estimate of drug-likeness (QED) is 0.878. The SMILES string of the molecule is Cc1nc(CCl)c(Cc2ccc(C#N)cc2)[nH]1.Cl. The van der Waals surface area contributed by atoms with Crippen molar-refractivity contribution in [3.05, 3.63) is 52.6 Å². The predicted molar refractivity (Wildman–Crippen MR) is 74.1 cm³/mol. The third-order valence-electron chi connectivity index (χ3n) is 2.57. The number of H-pyrrole nitrogens is 1. The highest BCUT2D eigenvalue weighted by Gasteiger charge is 2.07. The summed E-state index contributed by atoms with van der Waals surface area (Å²) in [4.78, 5) is 7.53. The number of nitrogens with zero attached hydrogens (tertiary/aromatic N) is 2. The van der Waals surface area contributed by atoms with Gasteiger partial charge in [0.05, 0.1) is 23.2 Å². The molecule has 1 heterocycles. The van der Waals surface area contributed by atoms with Crippen LogP contribution in [-0.4, -0.2) is 9.97 Å². The lowest BCUT2D eigenvalue weighted by Gasteiger charge is -2.01. The van der Waals surface area contributed by atoms with E-state index in [-0.39, 0.29) is 12.4 Å². The molecule has 5 heteroatoms. The number of imidazole rings is 1. The number of benzene rings is 1. The van der Waals surface area contributed by atoms with Gasteiger partial charge in [-0.15, -0.1) is 24.0 Å². The number of halogens is 2. The van der Waals surface area contributed by atoms with Crippen LogP contribution < -0.4 is 0 Å². The normalized spacial score (nSPS) is 9.61. The summed E-state index contributed by atoms with van der Waals surface area (Å²) in [5.41, 5.74) is 3.75. The Labute approximate surface area is 117 Å². The molecule has 18 heavy (non-hydrogen) atoms. The molecule has 0 aliphatic heterocycles. The molecule has 0 amide bonds. The number of aromatic amines is 1. The van der Waals surface area contributed by atoms with E-state index < -0.39 is 0 Å². The van der Waals surface area contributed by atoms with E-state index in [1.165, 1.54) is 0 Å². The Bertz CT molecular complexity index is 553. The van der Waals surface area contributed by atoms with Crippen LogP contribution in [0.4, 0.5) is 0 Å². The first-order chi connectivity index (χ1) is 8.22. The fraction of sp³-hybridized carbons (Fsp3) is 0.231. The molecule has 1 aromatic carbocycles. The third kappa shape index (κ3) is 3.25. The van der Waals surface area contributed by atoms with Crippen molar-refractivity contribution in [3.8, 4) is 6.07 Å². The summed E-state index contributed by atoms with van der Waals surface area (Å²) < 4.78 is 0. The van der Waals surface area contributed by atoms with Gasteiger partial charge in [0.15, 0.2) is 0 Å². The Morgan fingerprint density at radius 1 is 1.33 bits per heavy atom. The highest BCUT2D eigenvalue weighted by molar-refractivity contribution is 6.17. The number of aromatic nitrogens is 2. The molecule has 0 saturated heterocycles. The largest absolute Gasteiger partial charge is 0.346 e. The molecular weight excluding hydrogens is 269 g/mol. The second kappa shape index (κ2) is 6.44. The molecule has 94 valence electrons. The molecule has 0 bridgehead atoms. The Morgan fingerprint density at radius 2 is 2.00 bits per heavy atom. The Morgan fingerprint density at radius 3 is 2.56 bits per heavy atom. The van der Waals surface area contributed by atoms with Crippen molar-refractivity contribution in [2.75, 3.05) is 0 Å². The van der Waals surface area contributed by atoms with Gasteiger partial charge in [0.2, 0.25) is 0 Å². The molecule has 0 radical (unpaired) electrons. The summed E-state index contributed by atoms with van der Waals surface area (Å²) in [7, 11) is 0. The van der Waals surface area contributed by atoms with Crippen LogP contribution in [0.1, 0.15) is 28.3 Å². The molecule has 3 nitrogen and oxygen atoms in total. The van der Waals surface area contributed by atoms with Crippen molar-refractivity contribution < 1.29 is 0 Å². The Balaban J connectivity index is 0.00000162. The molecule has 0 unspecified atom stereocenters. The minimum absolute atomic E-state index is 0. The van der Waals surface area contributed by atoms with Crippen LogP contribution in [0.3, 0.4) is 0 Å². The molecule has 0 atom stereocenters. The van der Waals surface area contributed by atoms with Crippen LogP contribution in [0, 0.1) is 18.3 Å². The van der Waals surface area contributed by atoms with Crippen molar-refractivity contribution in [2.45, 2.75) is 19.2 Å². The van der Waals surface area contributed by atoms with Crippen molar-refractivity contribution >= 4 is 24.0 Å². The molecule has 0 spiro atoms. The van der Waals surface area contributed by atoms with Gasteiger partial charge in [-0.1, -0.05) is 12.1 Å². The fourth-order valence-electron chi connectivity index (χ4n) is 1.75. The summed E-state index contributed by atoms with van der Waals surface area (Å²) in [6, 6.07) is 9.64. The van der Waals surface area contributed by atoms with E-state index in [1.807, 2.05) is 31.2 Å². The highest BCUT2D eigenvalue weighted by Crippen LogP contribution is 2.14. The number of alkyl halides is 1. The van der Waals surface area contributed by atoms with Gasteiger partial charge in [0.25, 0.3) is 0 Å². The molecule has 0 aliphatic carbocycles. The van der Waals surface area contributed by atoms with Gasteiger partial charge in [-0.25, -0.2) is 4.98 Å². The van der Waals surface area contributed by atoms with Gasteiger partial charge < -0.3 is 4.98 Å². The number of hydrogen-bond acceptors (Lipinski definition) is 2. The first-order valence-electron chi connectivity index (χ1n) is 5.32. The summed E-state index contributed by atoms with van der Waals surface area (Å²) >= 11 is 5.83. The topological polar surface area (TPSA) is 52.5 Å². The lowest BCUT2D eigenvalue weighted by atomic mass is 10.1. The second-order valence-corrected chi connectivity index (χ2v) is 4.13. The zero-order chi connectivity index (χ0) is 12.3. The molecule has 0 fully saturated rings. The van der Waals surface area contributed by atoms with E-state index in [9.17, 15) is 0 Å². The zero-order valence-corrected chi connectivity index (χ0v) is 11.5. The summed E-state index contributed by atoms with van der Waals surface area (Å²) in [6.45, 7) is 1.92. The van der Waals surface area contributed by atoms with E-state index in [0.29, 0.717) is 11.4 Å². The number of nitriles is 1. The maximum Gasteiger partial charge on any atom is 0.103 e. The van der Waals surface area contributed by atoms with Crippen LogP contribution in [0.25, 0.3) is 0 Å². The van der Waals surface area contributed by atoms with E-state index in [0.717, 1.165) is 29.2 Å². The van der Waals surface area contributed by atoms with E-state index in [1.54, 1.807) is 0 Å².